The number of nitrogens with one attached hydrogen (secondary N) is 5. The number of carbonyl (C=O) groups excluding carboxylic acids is 4. The van der Waals surface area contributed by atoms with Crippen molar-refractivity contribution in [3.8, 4) is 0 Å². The number of anilines is 1. The number of carbonyl (C=O) groups is 5. The van der Waals surface area contributed by atoms with Crippen molar-refractivity contribution in [3.63, 3.8) is 0 Å². The van der Waals surface area contributed by atoms with Gasteiger partial charge in [-0.25, -0.2) is 14.4 Å². The van der Waals surface area contributed by atoms with Crippen molar-refractivity contribution in [3.05, 3.63) is 78.4 Å². The van der Waals surface area contributed by atoms with Gasteiger partial charge in [0.25, 0.3) is 0 Å². The fraction of sp³-hybridized carbons (Fsp3) is 0.441. The molecule has 2 aliphatic carbocycles. The predicted octanol–water partition coefficient (Wildman–Crippen LogP) is 2.30. The topological polar surface area (TPSA) is 189 Å². The Morgan fingerprint density at radius 2 is 1.70 bits per heavy atom. The van der Waals surface area contributed by atoms with Crippen molar-refractivity contribution in [2.45, 2.75) is 75.8 Å². The first-order chi connectivity index (χ1) is 22.2. The van der Waals surface area contributed by atoms with E-state index in [0.717, 1.165) is 11.1 Å². The van der Waals surface area contributed by atoms with E-state index in [2.05, 4.69) is 33.2 Å². The molecule has 5 rings (SSSR count). The van der Waals surface area contributed by atoms with E-state index >= 15 is 0 Å². The molecule has 13 heteroatoms. The number of benzene rings is 2. The molecule has 7 atom stereocenters. The maximum atomic E-state index is 13.9. The number of nitrogens with zero attached hydrogens (tertiary/aromatic N) is 1. The number of para-hydroxylation sites is 1. The quantitative estimate of drug-likeness (QED) is 0.204. The van der Waals surface area contributed by atoms with Gasteiger partial charge in [0.2, 0.25) is 11.8 Å². The highest BCUT2D eigenvalue weighted by molar-refractivity contribution is 5.96. The number of carboxylic acid groups (broad SMARTS) is 1. The van der Waals surface area contributed by atoms with Gasteiger partial charge in [-0.05, 0) is 41.5 Å². The van der Waals surface area contributed by atoms with Gasteiger partial charge in [0.05, 0.1) is 18.2 Å². The lowest BCUT2D eigenvalue weighted by Gasteiger charge is -2.34. The van der Waals surface area contributed by atoms with Crippen LogP contribution in [-0.2, 0) is 20.8 Å². The number of likely N-dealkylation sites (tertiary alicyclic amines) is 1. The molecule has 0 spiro atoms. The Bertz CT molecular complexity index is 1560. The second kappa shape index (κ2) is 13.1. The number of aliphatic hydroxyl groups is 1. The number of fused-ring (bicyclic) bond motifs is 1. The van der Waals surface area contributed by atoms with Gasteiger partial charge in [0.1, 0.15) is 17.6 Å². The molecule has 13 nitrogen and oxygen atoms in total. The summed E-state index contributed by atoms with van der Waals surface area (Å²) in [4.78, 5) is 67.4. The summed E-state index contributed by atoms with van der Waals surface area (Å²) in [6.07, 6.45) is 1.19. The molecule has 0 radical (unpaired) electrons. The van der Waals surface area contributed by atoms with Crippen LogP contribution in [0.5, 0.6) is 0 Å². The van der Waals surface area contributed by atoms with Gasteiger partial charge in [-0.3, -0.25) is 9.59 Å². The van der Waals surface area contributed by atoms with E-state index in [1.165, 1.54) is 11.0 Å². The lowest BCUT2D eigenvalue weighted by atomic mass is 9.86. The van der Waals surface area contributed by atoms with Crippen LogP contribution in [-0.4, -0.2) is 81.3 Å². The molecule has 1 saturated heterocycles. The second-order valence-electron chi connectivity index (χ2n) is 13.6. The zero-order chi connectivity index (χ0) is 34.1. The Kier molecular flexibility index (Phi) is 9.30. The summed E-state index contributed by atoms with van der Waals surface area (Å²) in [5.41, 5.74) is -0.0313. The third kappa shape index (κ3) is 7.09. The first-order valence-corrected chi connectivity index (χ1v) is 15.7. The molecule has 1 heterocycles. The second-order valence-corrected chi connectivity index (χ2v) is 13.6. The van der Waals surface area contributed by atoms with Crippen LogP contribution in [0.25, 0.3) is 0 Å². The molecule has 2 aromatic rings. The summed E-state index contributed by atoms with van der Waals surface area (Å²) >= 11 is 0. The molecule has 0 aromatic heterocycles. The number of carboxylic acids is 1. The molecule has 6 amide bonds. The van der Waals surface area contributed by atoms with Gasteiger partial charge in [-0.2, -0.15) is 0 Å². The fourth-order valence-corrected chi connectivity index (χ4v) is 6.47. The van der Waals surface area contributed by atoms with Crippen LogP contribution in [0, 0.1) is 11.3 Å². The summed E-state index contributed by atoms with van der Waals surface area (Å²) in [7, 11) is 0. The third-order valence-electron chi connectivity index (χ3n) is 9.16. The normalized spacial score (nSPS) is 26.7. The van der Waals surface area contributed by atoms with E-state index in [1.807, 2.05) is 24.3 Å². The molecule has 2 fully saturated rings. The Morgan fingerprint density at radius 1 is 1.02 bits per heavy atom. The van der Waals surface area contributed by atoms with Crippen LogP contribution in [0.15, 0.2) is 67.3 Å². The molecular weight excluding hydrogens is 604 g/mol. The highest BCUT2D eigenvalue weighted by Crippen LogP contribution is 2.45. The Balaban J connectivity index is 1.33. The molecular formula is C34H42N6O7. The van der Waals surface area contributed by atoms with Crippen molar-refractivity contribution in [1.82, 2.24) is 26.2 Å². The minimum atomic E-state index is -1.52. The van der Waals surface area contributed by atoms with Gasteiger partial charge >= 0.3 is 18.0 Å². The first-order valence-electron chi connectivity index (χ1n) is 15.7. The SMILES string of the molecule is C=CC1CC1(NC(=O)C1CC(NC(=O)Nc2ccccc2)CN1C(=O)NC(C(=O)NC1c2ccccc2CC1O)C(C)(C)C)C(=O)O. The Hall–Kier alpha value is -4.91. The molecule has 250 valence electrons. The standard InChI is InChI=1S/C34H42N6O7/c1-5-20-17-34(20,30(44)45)39-28(42)24-16-22(36-31(46)35-21-12-7-6-8-13-21)18-40(24)32(47)38-27(33(2,3)4)29(43)37-26-23-14-10-9-11-19(23)15-25(26)41/h5-14,20,22,24-27,41H,1,15-18H2,2-4H3,(H,37,43)(H,38,47)(H,39,42)(H,44,45)(H2,35,36,46). The molecule has 0 bridgehead atoms. The minimum Gasteiger partial charge on any atom is -0.479 e. The number of rotatable bonds is 9. The van der Waals surface area contributed by atoms with Gasteiger partial charge in [0.15, 0.2) is 0 Å². The number of aliphatic carboxylic acids is 1. The summed E-state index contributed by atoms with van der Waals surface area (Å²) in [6.45, 7) is 8.92. The Morgan fingerprint density at radius 3 is 2.34 bits per heavy atom. The Labute approximate surface area is 273 Å². The maximum absolute atomic E-state index is 13.9. The van der Waals surface area contributed by atoms with Crippen molar-refractivity contribution < 1.29 is 34.2 Å². The highest BCUT2D eigenvalue weighted by Gasteiger charge is 2.61. The first kappa shape index (κ1) is 33.5. The van der Waals surface area contributed by atoms with Crippen LogP contribution in [0.3, 0.4) is 0 Å². The van der Waals surface area contributed by atoms with Crippen LogP contribution in [0.4, 0.5) is 15.3 Å². The van der Waals surface area contributed by atoms with E-state index in [-0.39, 0.29) is 19.4 Å². The monoisotopic (exact) mass is 646 g/mol. The van der Waals surface area contributed by atoms with Gasteiger partial charge in [-0.1, -0.05) is 69.3 Å². The van der Waals surface area contributed by atoms with Crippen molar-refractivity contribution in [2.75, 3.05) is 11.9 Å². The molecule has 1 aliphatic heterocycles. The van der Waals surface area contributed by atoms with E-state index in [1.54, 1.807) is 51.1 Å². The molecule has 7 unspecified atom stereocenters. The lowest BCUT2D eigenvalue weighted by Crippen LogP contribution is -2.60. The van der Waals surface area contributed by atoms with Gasteiger partial charge < -0.3 is 41.7 Å². The smallest absolute Gasteiger partial charge is 0.330 e. The van der Waals surface area contributed by atoms with E-state index in [9.17, 15) is 34.2 Å². The number of urea groups is 2. The highest BCUT2D eigenvalue weighted by atomic mass is 16.4. The van der Waals surface area contributed by atoms with Crippen LogP contribution < -0.4 is 26.6 Å². The summed E-state index contributed by atoms with van der Waals surface area (Å²) in [5, 5.41) is 34.4. The summed E-state index contributed by atoms with van der Waals surface area (Å²) < 4.78 is 0. The molecule has 3 aliphatic rings. The average Bonchev–Trinajstić information content (AvgIpc) is 3.43. The summed E-state index contributed by atoms with van der Waals surface area (Å²) in [5.74, 6) is -2.88. The van der Waals surface area contributed by atoms with Crippen molar-refractivity contribution in [2.24, 2.45) is 11.3 Å². The van der Waals surface area contributed by atoms with Crippen LogP contribution >= 0.6 is 0 Å². The number of amides is 6. The van der Waals surface area contributed by atoms with Gasteiger partial charge in [0, 0.05) is 24.6 Å². The van der Waals surface area contributed by atoms with Crippen molar-refractivity contribution >= 4 is 35.5 Å². The zero-order valence-corrected chi connectivity index (χ0v) is 26.7. The van der Waals surface area contributed by atoms with Crippen LogP contribution in [0.2, 0.25) is 0 Å². The molecule has 2 aromatic carbocycles. The van der Waals surface area contributed by atoms with E-state index < -0.39 is 77.0 Å². The maximum Gasteiger partial charge on any atom is 0.330 e. The molecule has 47 heavy (non-hydrogen) atoms. The largest absolute Gasteiger partial charge is 0.479 e. The average molecular weight is 647 g/mol. The number of hydrogen-bond acceptors (Lipinski definition) is 6. The number of aliphatic hydroxyl groups excluding tert-OH is 1. The zero-order valence-electron chi connectivity index (χ0n) is 26.7. The van der Waals surface area contributed by atoms with E-state index in [4.69, 9.17) is 0 Å². The van der Waals surface area contributed by atoms with Crippen molar-refractivity contribution in [1.29, 1.82) is 0 Å². The predicted molar refractivity (Wildman–Crippen MR) is 173 cm³/mol. The summed E-state index contributed by atoms with van der Waals surface area (Å²) in [6, 6.07) is 11.4. The number of hydrogen-bond donors (Lipinski definition) is 7. The van der Waals surface area contributed by atoms with Gasteiger partial charge in [-0.15, -0.1) is 6.58 Å². The van der Waals surface area contributed by atoms with E-state index in [0.29, 0.717) is 12.1 Å². The fourth-order valence-electron chi connectivity index (χ4n) is 6.47. The minimum absolute atomic E-state index is 0.00729. The molecule has 1 saturated carbocycles. The third-order valence-corrected chi connectivity index (χ3v) is 9.16. The lowest BCUT2D eigenvalue weighted by molar-refractivity contribution is -0.144. The molecule has 7 N–H and O–H groups in total. The van der Waals surface area contributed by atoms with Crippen LogP contribution in [0.1, 0.15) is 50.8 Å².